The van der Waals surface area contributed by atoms with Crippen molar-refractivity contribution < 1.29 is 33.4 Å². The van der Waals surface area contributed by atoms with E-state index in [1.165, 1.54) is 0 Å². The van der Waals surface area contributed by atoms with Crippen LogP contribution in [0.25, 0.3) is 0 Å². The molecule has 12 heteroatoms. The van der Waals surface area contributed by atoms with Crippen LogP contribution in [0.3, 0.4) is 0 Å². The fourth-order valence-corrected chi connectivity index (χ4v) is 4.72. The van der Waals surface area contributed by atoms with Crippen molar-refractivity contribution in [3.05, 3.63) is 144 Å². The second-order valence-corrected chi connectivity index (χ2v) is 11.2. The van der Waals surface area contributed by atoms with Crippen LogP contribution in [-0.2, 0) is 50.0 Å². The van der Waals surface area contributed by atoms with Gasteiger partial charge < -0.3 is 30.6 Å². The zero-order valence-electron chi connectivity index (χ0n) is 27.5. The quantitative estimate of drug-likeness (QED) is 0.0431. The number of nitrogens with one attached hydrogen (secondary N) is 3. The lowest BCUT2D eigenvalue weighted by Gasteiger charge is -2.23. The summed E-state index contributed by atoms with van der Waals surface area (Å²) in [6.07, 6.45) is -1.03. The molecule has 0 saturated heterocycles. The number of hydrogen-bond donors (Lipinski definition) is 4. The number of amides is 3. The average Bonchev–Trinajstić information content (AvgIpc) is 3.14. The molecule has 4 aromatic rings. The lowest BCUT2D eigenvalue weighted by atomic mass is 10.0. The lowest BCUT2D eigenvalue weighted by Crippen LogP contribution is -2.52. The minimum absolute atomic E-state index is 0.00365. The molecule has 260 valence electrons. The molecule has 2 unspecified atom stereocenters. The van der Waals surface area contributed by atoms with Gasteiger partial charge in [0.05, 0.1) is 0 Å². The Morgan fingerprint density at radius 2 is 1.04 bits per heavy atom. The SMILES string of the molecule is NC(=NCCCC(NC(=O)OCc1ccccc1)C(=O)NC(Cc1ccccc1)C(=O)OCc1ccccc1)NC(=O)OCc1ccccc1. The van der Waals surface area contributed by atoms with E-state index in [1.54, 1.807) is 12.1 Å². The van der Waals surface area contributed by atoms with Crippen LogP contribution >= 0.6 is 0 Å². The van der Waals surface area contributed by atoms with Crippen molar-refractivity contribution in [1.82, 2.24) is 16.0 Å². The molecule has 0 radical (unpaired) electrons. The first-order valence-electron chi connectivity index (χ1n) is 16.2. The van der Waals surface area contributed by atoms with Gasteiger partial charge >= 0.3 is 18.2 Å². The maximum atomic E-state index is 13.7. The monoisotopic (exact) mass is 679 g/mol. The largest absolute Gasteiger partial charge is 0.459 e. The number of rotatable bonds is 16. The van der Waals surface area contributed by atoms with E-state index >= 15 is 0 Å². The summed E-state index contributed by atoms with van der Waals surface area (Å²) in [6, 6.07) is 34.5. The maximum absolute atomic E-state index is 13.7. The highest BCUT2D eigenvalue weighted by Gasteiger charge is 2.28. The average molecular weight is 680 g/mol. The number of alkyl carbamates (subject to hydrolysis) is 2. The van der Waals surface area contributed by atoms with Gasteiger partial charge in [0, 0.05) is 13.0 Å². The van der Waals surface area contributed by atoms with E-state index in [2.05, 4.69) is 20.9 Å². The molecule has 0 heterocycles. The number of nitrogens with zero attached hydrogens (tertiary/aromatic N) is 1. The van der Waals surface area contributed by atoms with Gasteiger partial charge in [0.15, 0.2) is 5.96 Å². The summed E-state index contributed by atoms with van der Waals surface area (Å²) in [4.78, 5) is 56.0. The Morgan fingerprint density at radius 1 is 0.580 bits per heavy atom. The Bertz CT molecular complexity index is 1670. The molecule has 0 aliphatic rings. The van der Waals surface area contributed by atoms with Gasteiger partial charge in [-0.25, -0.2) is 14.4 Å². The second kappa shape index (κ2) is 20.3. The molecule has 4 aromatic carbocycles. The van der Waals surface area contributed by atoms with Crippen LogP contribution < -0.4 is 21.7 Å². The number of carbonyl (C=O) groups is 4. The zero-order valence-corrected chi connectivity index (χ0v) is 27.5. The Morgan fingerprint density at radius 3 is 1.56 bits per heavy atom. The highest BCUT2D eigenvalue weighted by molar-refractivity contribution is 5.93. The molecule has 0 saturated carbocycles. The third-order valence-corrected chi connectivity index (χ3v) is 7.30. The molecule has 4 rings (SSSR count). The fourth-order valence-electron chi connectivity index (χ4n) is 4.72. The molecule has 0 aromatic heterocycles. The molecule has 0 aliphatic heterocycles. The van der Waals surface area contributed by atoms with E-state index in [9.17, 15) is 19.2 Å². The van der Waals surface area contributed by atoms with Gasteiger partial charge in [-0.15, -0.1) is 0 Å². The van der Waals surface area contributed by atoms with Gasteiger partial charge in [0.1, 0.15) is 31.9 Å². The molecule has 50 heavy (non-hydrogen) atoms. The summed E-state index contributed by atoms with van der Waals surface area (Å²) < 4.78 is 16.1. The van der Waals surface area contributed by atoms with Gasteiger partial charge in [0.25, 0.3) is 0 Å². The van der Waals surface area contributed by atoms with Gasteiger partial charge in [-0.1, -0.05) is 121 Å². The van der Waals surface area contributed by atoms with Crippen molar-refractivity contribution in [2.75, 3.05) is 6.54 Å². The normalized spacial score (nSPS) is 12.1. The topological polar surface area (TPSA) is 170 Å². The van der Waals surface area contributed by atoms with Crippen LogP contribution in [-0.4, -0.2) is 48.7 Å². The molecule has 12 nitrogen and oxygen atoms in total. The number of carbonyl (C=O) groups excluding carboxylic acids is 4. The molecule has 0 bridgehead atoms. The molecule has 2 atom stereocenters. The third-order valence-electron chi connectivity index (χ3n) is 7.30. The van der Waals surface area contributed by atoms with E-state index < -0.39 is 36.1 Å². The smallest absolute Gasteiger partial charge is 0.414 e. The summed E-state index contributed by atoms with van der Waals surface area (Å²) >= 11 is 0. The van der Waals surface area contributed by atoms with Crippen molar-refractivity contribution in [3.63, 3.8) is 0 Å². The molecule has 0 aliphatic carbocycles. The molecular weight excluding hydrogens is 638 g/mol. The number of guanidine groups is 1. The Balaban J connectivity index is 1.38. The molecule has 5 N–H and O–H groups in total. The first kappa shape index (κ1) is 36.7. The predicted molar refractivity (Wildman–Crippen MR) is 187 cm³/mol. The van der Waals surface area contributed by atoms with E-state index in [0.29, 0.717) is 0 Å². The van der Waals surface area contributed by atoms with Crippen LogP contribution in [0, 0.1) is 0 Å². The maximum Gasteiger partial charge on any atom is 0.414 e. The summed E-state index contributed by atoms with van der Waals surface area (Å²) in [5, 5.41) is 7.73. The van der Waals surface area contributed by atoms with Gasteiger partial charge in [-0.05, 0) is 35.1 Å². The Kier molecular flexibility index (Phi) is 14.9. The second-order valence-electron chi connectivity index (χ2n) is 11.2. The number of hydrogen-bond acceptors (Lipinski definition) is 8. The van der Waals surface area contributed by atoms with E-state index in [4.69, 9.17) is 19.9 Å². The Hall–Kier alpha value is -6.17. The summed E-state index contributed by atoms with van der Waals surface area (Å²) in [5.74, 6) is -1.40. The fraction of sp³-hybridized carbons (Fsp3) is 0.237. The summed E-state index contributed by atoms with van der Waals surface area (Å²) in [7, 11) is 0. The van der Waals surface area contributed by atoms with Gasteiger partial charge in [0.2, 0.25) is 5.91 Å². The van der Waals surface area contributed by atoms with Crippen LogP contribution in [0.4, 0.5) is 9.59 Å². The third kappa shape index (κ3) is 13.5. The van der Waals surface area contributed by atoms with Crippen LogP contribution in [0.5, 0.6) is 0 Å². The zero-order chi connectivity index (χ0) is 35.4. The van der Waals surface area contributed by atoms with Crippen molar-refractivity contribution >= 4 is 30.0 Å². The molecular formula is C38H41N5O7. The number of ether oxygens (including phenoxy) is 3. The standard InChI is InChI=1S/C38H41N5O7/c39-36(43-38(47)50-27-31-20-11-4-12-21-31)40-23-13-22-32(42-37(46)49-26-30-18-9-3-10-19-30)34(44)41-33(24-28-14-5-1-6-15-28)35(45)48-25-29-16-7-2-8-17-29/h1-12,14-21,32-33H,13,22-27H2,(H,41,44)(H,42,46)(H3,39,40,43,47). The minimum atomic E-state index is -1.10. The van der Waals surface area contributed by atoms with Crippen molar-refractivity contribution in [1.29, 1.82) is 0 Å². The number of nitrogens with two attached hydrogens (primary N) is 1. The van der Waals surface area contributed by atoms with Crippen molar-refractivity contribution in [3.8, 4) is 0 Å². The van der Waals surface area contributed by atoms with Gasteiger partial charge in [-0.2, -0.15) is 0 Å². The van der Waals surface area contributed by atoms with Crippen LogP contribution in [0.2, 0.25) is 0 Å². The highest BCUT2D eigenvalue weighted by Crippen LogP contribution is 2.10. The van der Waals surface area contributed by atoms with Crippen LogP contribution in [0.15, 0.2) is 126 Å². The number of aliphatic imine (C=N–C) groups is 1. The first-order valence-corrected chi connectivity index (χ1v) is 16.2. The number of benzene rings is 4. The lowest BCUT2D eigenvalue weighted by molar-refractivity contribution is -0.149. The van der Waals surface area contributed by atoms with Crippen molar-refractivity contribution in [2.24, 2.45) is 10.7 Å². The van der Waals surface area contributed by atoms with E-state index in [0.717, 1.165) is 22.3 Å². The van der Waals surface area contributed by atoms with E-state index in [1.807, 2.05) is 109 Å². The number of esters is 1. The predicted octanol–water partition coefficient (Wildman–Crippen LogP) is 4.77. The molecule has 0 fully saturated rings. The van der Waals surface area contributed by atoms with Crippen LogP contribution in [0.1, 0.15) is 35.1 Å². The van der Waals surface area contributed by atoms with Gasteiger partial charge in [-0.3, -0.25) is 15.1 Å². The van der Waals surface area contributed by atoms with Crippen molar-refractivity contribution in [2.45, 2.75) is 51.2 Å². The Labute approximate surface area is 291 Å². The van der Waals surface area contributed by atoms with E-state index in [-0.39, 0.29) is 51.6 Å². The first-order chi connectivity index (χ1) is 24.4. The molecule has 3 amide bonds. The summed E-state index contributed by atoms with van der Waals surface area (Å²) in [6.45, 7) is 0.202. The highest BCUT2D eigenvalue weighted by atomic mass is 16.6. The summed E-state index contributed by atoms with van der Waals surface area (Å²) in [5.41, 5.74) is 9.04. The minimum Gasteiger partial charge on any atom is -0.459 e. The molecule has 0 spiro atoms.